The SMILES string of the molecule is CC1(Oc2cccc3c2NCC3)CCC1. The minimum absolute atomic E-state index is 0.0966. The second-order valence-corrected chi connectivity index (χ2v) is 4.87. The molecule has 0 spiro atoms. The van der Waals surface area contributed by atoms with E-state index in [1.807, 2.05) is 0 Å². The van der Waals surface area contributed by atoms with Crippen molar-refractivity contribution in [2.75, 3.05) is 11.9 Å². The molecule has 1 aromatic rings. The molecule has 2 aliphatic rings. The van der Waals surface area contributed by atoms with E-state index in [0.717, 1.165) is 18.7 Å². The molecule has 0 amide bonds. The second kappa shape index (κ2) is 3.16. The molecule has 1 aromatic carbocycles. The number of hydrogen-bond donors (Lipinski definition) is 1. The van der Waals surface area contributed by atoms with Crippen molar-refractivity contribution in [3.8, 4) is 5.75 Å². The van der Waals surface area contributed by atoms with Crippen LogP contribution >= 0.6 is 0 Å². The van der Waals surface area contributed by atoms with Gasteiger partial charge in [-0.1, -0.05) is 12.1 Å². The third-order valence-electron chi connectivity index (χ3n) is 3.58. The lowest BCUT2D eigenvalue weighted by Crippen LogP contribution is -2.39. The van der Waals surface area contributed by atoms with Crippen LogP contribution in [0.4, 0.5) is 5.69 Å². The van der Waals surface area contributed by atoms with Gasteiger partial charge in [0.2, 0.25) is 0 Å². The van der Waals surface area contributed by atoms with Crippen LogP contribution in [0.1, 0.15) is 31.7 Å². The highest BCUT2D eigenvalue weighted by atomic mass is 16.5. The zero-order valence-corrected chi connectivity index (χ0v) is 9.18. The normalized spacial score (nSPS) is 21.4. The zero-order valence-electron chi connectivity index (χ0n) is 9.18. The summed E-state index contributed by atoms with van der Waals surface area (Å²) in [7, 11) is 0. The van der Waals surface area contributed by atoms with E-state index in [1.54, 1.807) is 0 Å². The first-order valence-electron chi connectivity index (χ1n) is 5.82. The van der Waals surface area contributed by atoms with Gasteiger partial charge >= 0.3 is 0 Å². The number of para-hydroxylation sites is 1. The lowest BCUT2D eigenvalue weighted by molar-refractivity contribution is 0.0119. The summed E-state index contributed by atoms with van der Waals surface area (Å²) in [5.41, 5.74) is 2.72. The van der Waals surface area contributed by atoms with Crippen molar-refractivity contribution in [1.82, 2.24) is 0 Å². The Morgan fingerprint density at radius 3 is 2.93 bits per heavy atom. The molecule has 80 valence electrons. The van der Waals surface area contributed by atoms with Crippen molar-refractivity contribution in [2.24, 2.45) is 0 Å². The Morgan fingerprint density at radius 1 is 1.33 bits per heavy atom. The van der Waals surface area contributed by atoms with Gasteiger partial charge in [-0.05, 0) is 44.2 Å². The van der Waals surface area contributed by atoms with E-state index in [4.69, 9.17) is 4.74 Å². The first-order chi connectivity index (χ1) is 7.27. The third-order valence-corrected chi connectivity index (χ3v) is 3.58. The number of nitrogens with one attached hydrogen (secondary N) is 1. The molecular formula is C13H17NO. The quantitative estimate of drug-likeness (QED) is 0.797. The highest BCUT2D eigenvalue weighted by Crippen LogP contribution is 2.40. The Hall–Kier alpha value is -1.18. The number of fused-ring (bicyclic) bond motifs is 1. The summed E-state index contributed by atoms with van der Waals surface area (Å²) in [5.74, 6) is 1.05. The maximum absolute atomic E-state index is 6.12. The predicted octanol–water partition coefficient (Wildman–Crippen LogP) is 2.98. The highest BCUT2D eigenvalue weighted by Gasteiger charge is 2.35. The molecule has 3 rings (SSSR count). The minimum Gasteiger partial charge on any atom is -0.485 e. The molecule has 2 nitrogen and oxygen atoms in total. The van der Waals surface area contributed by atoms with E-state index >= 15 is 0 Å². The molecule has 0 saturated heterocycles. The van der Waals surface area contributed by atoms with Crippen LogP contribution in [0, 0.1) is 0 Å². The summed E-state index contributed by atoms with van der Waals surface area (Å²) in [4.78, 5) is 0. The van der Waals surface area contributed by atoms with Gasteiger partial charge in [-0.25, -0.2) is 0 Å². The molecule has 0 bridgehead atoms. The third kappa shape index (κ3) is 1.48. The lowest BCUT2D eigenvalue weighted by atomic mass is 9.82. The minimum atomic E-state index is 0.0966. The fourth-order valence-electron chi connectivity index (χ4n) is 2.43. The molecule has 0 atom stereocenters. The van der Waals surface area contributed by atoms with Gasteiger partial charge in [-0.3, -0.25) is 0 Å². The van der Waals surface area contributed by atoms with Gasteiger partial charge in [0, 0.05) is 6.54 Å². The average molecular weight is 203 g/mol. The zero-order chi connectivity index (χ0) is 10.3. The van der Waals surface area contributed by atoms with Crippen molar-refractivity contribution >= 4 is 5.69 Å². The van der Waals surface area contributed by atoms with Crippen molar-refractivity contribution < 1.29 is 4.74 Å². The molecule has 2 heteroatoms. The van der Waals surface area contributed by atoms with Gasteiger partial charge in [0.05, 0.1) is 5.69 Å². The van der Waals surface area contributed by atoms with E-state index < -0.39 is 0 Å². The molecule has 0 radical (unpaired) electrons. The van der Waals surface area contributed by atoms with Crippen LogP contribution in [0.3, 0.4) is 0 Å². The standard InChI is InChI=1S/C13H17NO/c1-13(7-3-8-13)15-11-5-2-4-10-6-9-14-12(10)11/h2,4-5,14H,3,6-9H2,1H3. The first-order valence-corrected chi connectivity index (χ1v) is 5.82. The molecule has 15 heavy (non-hydrogen) atoms. The van der Waals surface area contributed by atoms with E-state index in [2.05, 4.69) is 30.4 Å². The fraction of sp³-hybridized carbons (Fsp3) is 0.538. The van der Waals surface area contributed by atoms with Crippen LogP contribution in [0.2, 0.25) is 0 Å². The summed E-state index contributed by atoms with van der Waals surface area (Å²) in [6, 6.07) is 6.37. The summed E-state index contributed by atoms with van der Waals surface area (Å²) < 4.78 is 6.12. The average Bonchev–Trinajstić information content (AvgIpc) is 2.64. The van der Waals surface area contributed by atoms with E-state index in [1.165, 1.54) is 30.5 Å². The van der Waals surface area contributed by atoms with Crippen molar-refractivity contribution in [3.05, 3.63) is 23.8 Å². The highest BCUT2D eigenvalue weighted by molar-refractivity contribution is 5.65. The van der Waals surface area contributed by atoms with Gasteiger partial charge in [-0.2, -0.15) is 0 Å². The monoisotopic (exact) mass is 203 g/mol. The molecule has 1 saturated carbocycles. The second-order valence-electron chi connectivity index (χ2n) is 4.87. The van der Waals surface area contributed by atoms with Crippen LogP contribution in [0.5, 0.6) is 5.75 Å². The van der Waals surface area contributed by atoms with Gasteiger partial charge in [0.25, 0.3) is 0 Å². The molecule has 0 unspecified atom stereocenters. The van der Waals surface area contributed by atoms with E-state index in [0.29, 0.717) is 0 Å². The van der Waals surface area contributed by atoms with Crippen LogP contribution in [-0.2, 0) is 6.42 Å². The Bertz CT molecular complexity index is 382. The molecule has 1 N–H and O–H groups in total. The Kier molecular flexibility index (Phi) is 1.91. The first kappa shape index (κ1) is 9.08. The molecule has 1 aliphatic heterocycles. The molecule has 1 aliphatic carbocycles. The van der Waals surface area contributed by atoms with Gasteiger partial charge < -0.3 is 10.1 Å². The maximum atomic E-state index is 6.12. The summed E-state index contributed by atoms with van der Waals surface area (Å²) in [6.45, 7) is 3.26. The van der Waals surface area contributed by atoms with E-state index in [9.17, 15) is 0 Å². The Balaban J connectivity index is 1.89. The van der Waals surface area contributed by atoms with Gasteiger partial charge in [0.1, 0.15) is 11.4 Å². The maximum Gasteiger partial charge on any atom is 0.143 e. The van der Waals surface area contributed by atoms with Gasteiger partial charge in [0.15, 0.2) is 0 Å². The molecule has 1 fully saturated rings. The number of anilines is 1. The summed E-state index contributed by atoms with van der Waals surface area (Å²) in [5, 5.41) is 3.41. The largest absolute Gasteiger partial charge is 0.485 e. The number of ether oxygens (including phenoxy) is 1. The topological polar surface area (TPSA) is 21.3 Å². The van der Waals surface area contributed by atoms with Crippen molar-refractivity contribution in [2.45, 2.75) is 38.2 Å². The number of rotatable bonds is 2. The predicted molar refractivity (Wildman–Crippen MR) is 61.5 cm³/mol. The Labute approximate surface area is 90.6 Å². The number of hydrogen-bond acceptors (Lipinski definition) is 2. The molecular weight excluding hydrogens is 186 g/mol. The summed E-state index contributed by atoms with van der Waals surface area (Å²) >= 11 is 0. The van der Waals surface area contributed by atoms with Crippen LogP contribution in [0.15, 0.2) is 18.2 Å². The lowest BCUT2D eigenvalue weighted by Gasteiger charge is -2.39. The molecule has 1 heterocycles. The van der Waals surface area contributed by atoms with Crippen molar-refractivity contribution in [1.29, 1.82) is 0 Å². The van der Waals surface area contributed by atoms with Gasteiger partial charge in [-0.15, -0.1) is 0 Å². The summed E-state index contributed by atoms with van der Waals surface area (Å²) in [6.07, 6.45) is 4.82. The van der Waals surface area contributed by atoms with Crippen LogP contribution < -0.4 is 10.1 Å². The van der Waals surface area contributed by atoms with Crippen LogP contribution in [-0.4, -0.2) is 12.1 Å². The number of benzene rings is 1. The van der Waals surface area contributed by atoms with Crippen molar-refractivity contribution in [3.63, 3.8) is 0 Å². The molecule has 0 aromatic heterocycles. The van der Waals surface area contributed by atoms with Crippen LogP contribution in [0.25, 0.3) is 0 Å². The van der Waals surface area contributed by atoms with E-state index in [-0.39, 0.29) is 5.60 Å². The smallest absolute Gasteiger partial charge is 0.143 e. The Morgan fingerprint density at radius 2 is 2.20 bits per heavy atom. The fourth-order valence-corrected chi connectivity index (χ4v) is 2.43.